The van der Waals surface area contributed by atoms with Crippen LogP contribution in [0.3, 0.4) is 0 Å². The third kappa shape index (κ3) is 2.69. The monoisotopic (exact) mass is 326 g/mol. The van der Waals surface area contributed by atoms with Gasteiger partial charge in [-0.3, -0.25) is 4.90 Å². The molecular formula is C16H18N6O2. The van der Waals surface area contributed by atoms with Gasteiger partial charge < -0.3 is 10.1 Å². The zero-order valence-electron chi connectivity index (χ0n) is 13.3. The zero-order chi connectivity index (χ0) is 16.6. The van der Waals surface area contributed by atoms with Crippen LogP contribution in [0.15, 0.2) is 31.1 Å². The van der Waals surface area contributed by atoms with Crippen molar-refractivity contribution < 1.29 is 9.53 Å². The highest BCUT2D eigenvalue weighted by Crippen LogP contribution is 2.33. The van der Waals surface area contributed by atoms with Crippen LogP contribution in [0.25, 0.3) is 11.4 Å². The van der Waals surface area contributed by atoms with Gasteiger partial charge >= 0.3 is 6.09 Å². The van der Waals surface area contributed by atoms with E-state index in [1.54, 1.807) is 12.4 Å². The van der Waals surface area contributed by atoms with Crippen molar-refractivity contribution >= 4 is 6.09 Å². The van der Waals surface area contributed by atoms with Crippen LogP contribution >= 0.6 is 0 Å². The fourth-order valence-electron chi connectivity index (χ4n) is 3.32. The number of rotatable bonds is 3. The van der Waals surface area contributed by atoms with Gasteiger partial charge in [-0.05, 0) is 6.92 Å². The Labute approximate surface area is 139 Å². The molecule has 0 saturated carbocycles. The SMILES string of the molecule is CC1NC(=O)OC12CCN(Cc1cnc(-c3cncnc3)nc1)C2. The van der Waals surface area contributed by atoms with Crippen molar-refractivity contribution in [2.45, 2.75) is 31.5 Å². The summed E-state index contributed by atoms with van der Waals surface area (Å²) in [5.41, 5.74) is 1.42. The van der Waals surface area contributed by atoms with Crippen molar-refractivity contribution in [2.75, 3.05) is 13.1 Å². The van der Waals surface area contributed by atoms with Crippen LogP contribution < -0.4 is 5.32 Å². The zero-order valence-corrected chi connectivity index (χ0v) is 13.3. The Kier molecular flexibility index (Phi) is 3.61. The lowest BCUT2D eigenvalue weighted by molar-refractivity contribution is 0.0464. The van der Waals surface area contributed by atoms with E-state index in [9.17, 15) is 4.79 Å². The standard InChI is InChI=1S/C16H18N6O2/c1-11-16(24-15(23)21-11)2-3-22(9-16)8-12-4-19-14(20-5-12)13-6-17-10-18-7-13/h4-7,10-11H,2-3,8-9H2,1H3,(H,21,23). The Balaban J connectivity index is 1.42. The second-order valence-corrected chi connectivity index (χ2v) is 6.32. The number of aromatic nitrogens is 4. The number of likely N-dealkylation sites (tertiary alicyclic amines) is 1. The molecular weight excluding hydrogens is 308 g/mol. The molecule has 4 rings (SSSR count). The Morgan fingerprint density at radius 3 is 2.71 bits per heavy atom. The number of ether oxygens (including phenoxy) is 1. The molecule has 4 heterocycles. The minimum absolute atomic E-state index is 0.0340. The average molecular weight is 326 g/mol. The molecule has 24 heavy (non-hydrogen) atoms. The fraction of sp³-hybridized carbons (Fsp3) is 0.438. The molecule has 0 aromatic carbocycles. The largest absolute Gasteiger partial charge is 0.439 e. The van der Waals surface area contributed by atoms with Gasteiger partial charge in [-0.1, -0.05) is 0 Å². The summed E-state index contributed by atoms with van der Waals surface area (Å²) in [6, 6.07) is 0.0340. The van der Waals surface area contributed by atoms with E-state index >= 15 is 0 Å². The summed E-state index contributed by atoms with van der Waals surface area (Å²) < 4.78 is 5.53. The molecule has 0 radical (unpaired) electrons. The fourth-order valence-corrected chi connectivity index (χ4v) is 3.32. The highest BCUT2D eigenvalue weighted by molar-refractivity contribution is 5.71. The molecule has 0 bridgehead atoms. The summed E-state index contributed by atoms with van der Waals surface area (Å²) in [5, 5.41) is 2.84. The number of nitrogens with zero attached hydrogens (tertiary/aromatic N) is 5. The van der Waals surface area contributed by atoms with Crippen molar-refractivity contribution in [3.63, 3.8) is 0 Å². The first-order chi connectivity index (χ1) is 11.6. The number of amides is 1. The van der Waals surface area contributed by atoms with Gasteiger partial charge in [0.05, 0.1) is 11.6 Å². The maximum Gasteiger partial charge on any atom is 0.408 e. The lowest BCUT2D eigenvalue weighted by Crippen LogP contribution is -2.43. The Hall–Kier alpha value is -2.61. The van der Waals surface area contributed by atoms with Crippen molar-refractivity contribution in [3.05, 3.63) is 36.7 Å². The van der Waals surface area contributed by atoms with Crippen LogP contribution in [0, 0.1) is 0 Å². The second-order valence-electron chi connectivity index (χ2n) is 6.32. The van der Waals surface area contributed by atoms with E-state index in [1.807, 2.05) is 19.3 Å². The minimum atomic E-state index is -0.404. The molecule has 1 amide bonds. The van der Waals surface area contributed by atoms with Crippen LogP contribution in [-0.2, 0) is 11.3 Å². The first-order valence-electron chi connectivity index (χ1n) is 7.93. The molecule has 1 spiro atoms. The van der Waals surface area contributed by atoms with Crippen LogP contribution in [0.2, 0.25) is 0 Å². The van der Waals surface area contributed by atoms with Crippen LogP contribution in [0.1, 0.15) is 18.9 Å². The Morgan fingerprint density at radius 1 is 1.29 bits per heavy atom. The number of hydrogen-bond acceptors (Lipinski definition) is 7. The summed E-state index contributed by atoms with van der Waals surface area (Å²) in [7, 11) is 0. The molecule has 2 aromatic heterocycles. The first-order valence-corrected chi connectivity index (χ1v) is 7.93. The summed E-state index contributed by atoms with van der Waals surface area (Å²) >= 11 is 0. The maximum atomic E-state index is 11.5. The number of hydrogen-bond donors (Lipinski definition) is 1. The number of carbonyl (C=O) groups is 1. The van der Waals surface area contributed by atoms with E-state index in [4.69, 9.17) is 4.74 Å². The van der Waals surface area contributed by atoms with E-state index in [-0.39, 0.29) is 12.1 Å². The van der Waals surface area contributed by atoms with Crippen molar-refractivity contribution in [2.24, 2.45) is 0 Å². The molecule has 8 heteroatoms. The number of alkyl carbamates (subject to hydrolysis) is 1. The van der Waals surface area contributed by atoms with E-state index < -0.39 is 5.60 Å². The molecule has 2 aliphatic rings. The number of carbonyl (C=O) groups excluding carboxylic acids is 1. The van der Waals surface area contributed by atoms with Gasteiger partial charge in [0.25, 0.3) is 0 Å². The smallest absolute Gasteiger partial charge is 0.408 e. The molecule has 1 N–H and O–H groups in total. The predicted molar refractivity (Wildman–Crippen MR) is 84.8 cm³/mol. The third-order valence-corrected chi connectivity index (χ3v) is 4.69. The van der Waals surface area contributed by atoms with E-state index in [2.05, 4.69) is 30.2 Å². The van der Waals surface area contributed by atoms with E-state index in [0.717, 1.165) is 37.2 Å². The first kappa shape index (κ1) is 14.9. The quantitative estimate of drug-likeness (QED) is 0.899. The number of nitrogens with one attached hydrogen (secondary N) is 1. The summed E-state index contributed by atoms with van der Waals surface area (Å²) in [5.74, 6) is 0.611. The molecule has 2 aliphatic heterocycles. The van der Waals surface area contributed by atoms with Gasteiger partial charge in [0, 0.05) is 56.4 Å². The maximum absolute atomic E-state index is 11.5. The van der Waals surface area contributed by atoms with E-state index in [0.29, 0.717) is 5.82 Å². The topological polar surface area (TPSA) is 93.1 Å². The summed E-state index contributed by atoms with van der Waals surface area (Å²) in [6.07, 6.45) is 9.03. The molecule has 2 fully saturated rings. The molecule has 0 aliphatic carbocycles. The predicted octanol–water partition coefficient (Wildman–Crippen LogP) is 1.01. The normalized spacial score (nSPS) is 26.5. The highest BCUT2D eigenvalue weighted by atomic mass is 16.6. The molecule has 2 atom stereocenters. The Bertz CT molecular complexity index is 738. The van der Waals surface area contributed by atoms with Gasteiger partial charge in [-0.2, -0.15) is 0 Å². The molecule has 2 unspecified atom stereocenters. The summed E-state index contributed by atoms with van der Waals surface area (Å²) in [4.78, 5) is 30.5. The molecule has 2 saturated heterocycles. The van der Waals surface area contributed by atoms with Crippen LogP contribution in [0.4, 0.5) is 4.79 Å². The molecule has 8 nitrogen and oxygen atoms in total. The highest BCUT2D eigenvalue weighted by Gasteiger charge is 2.50. The van der Waals surface area contributed by atoms with Gasteiger partial charge in [0.1, 0.15) is 11.9 Å². The Morgan fingerprint density at radius 2 is 2.04 bits per heavy atom. The van der Waals surface area contributed by atoms with Gasteiger partial charge in [-0.25, -0.2) is 24.7 Å². The van der Waals surface area contributed by atoms with Gasteiger partial charge in [0.15, 0.2) is 5.82 Å². The lowest BCUT2D eigenvalue weighted by Gasteiger charge is -2.25. The van der Waals surface area contributed by atoms with Crippen molar-refractivity contribution in [3.8, 4) is 11.4 Å². The van der Waals surface area contributed by atoms with Crippen molar-refractivity contribution in [1.82, 2.24) is 30.2 Å². The third-order valence-electron chi connectivity index (χ3n) is 4.69. The minimum Gasteiger partial charge on any atom is -0.439 e. The van der Waals surface area contributed by atoms with Gasteiger partial charge in [0.2, 0.25) is 0 Å². The van der Waals surface area contributed by atoms with E-state index in [1.165, 1.54) is 6.33 Å². The average Bonchev–Trinajstić information content (AvgIpc) is 3.12. The van der Waals surface area contributed by atoms with Crippen LogP contribution in [-0.4, -0.2) is 55.7 Å². The van der Waals surface area contributed by atoms with Gasteiger partial charge in [-0.15, -0.1) is 0 Å². The van der Waals surface area contributed by atoms with Crippen LogP contribution in [0.5, 0.6) is 0 Å². The molecule has 124 valence electrons. The van der Waals surface area contributed by atoms with Crippen molar-refractivity contribution in [1.29, 1.82) is 0 Å². The lowest BCUT2D eigenvalue weighted by atomic mass is 9.95. The second kappa shape index (κ2) is 5.79. The molecule has 2 aromatic rings. The summed E-state index contributed by atoms with van der Waals surface area (Å²) in [6.45, 7) is 4.33.